The Kier molecular flexibility index (Phi) is 3.46. The fourth-order valence-electron chi connectivity index (χ4n) is 3.93. The molecule has 2 aromatic heterocycles. The van der Waals surface area contributed by atoms with Crippen LogP contribution >= 0.6 is 0 Å². The van der Waals surface area contributed by atoms with Crippen LogP contribution in [0.15, 0.2) is 48.8 Å². The minimum Gasteiger partial charge on any atom is -0.339 e. The van der Waals surface area contributed by atoms with E-state index in [2.05, 4.69) is 48.9 Å². The van der Waals surface area contributed by atoms with Crippen molar-refractivity contribution in [1.82, 2.24) is 24.5 Å². The SMILES string of the molecule is Cn1ncc2cc(N3C=Cn4nc(Nc5ccc6c(c5)CC(=O)N6)nc4C3)ccc21. The van der Waals surface area contributed by atoms with Crippen LogP contribution < -0.4 is 15.5 Å². The molecule has 2 aliphatic rings. The highest BCUT2D eigenvalue weighted by Gasteiger charge is 2.19. The standard InChI is InChI=1S/C21H18N8O/c1-27-18-5-3-16(9-14(18)11-22-27)28-6-7-29-19(12-28)25-21(26-29)23-15-2-4-17-13(8-15)10-20(30)24-17/h2-9,11H,10,12H2,1H3,(H,23,26)(H,24,30). The van der Waals surface area contributed by atoms with Gasteiger partial charge in [0.25, 0.3) is 0 Å². The van der Waals surface area contributed by atoms with Crippen LogP contribution in [-0.4, -0.2) is 30.5 Å². The highest BCUT2D eigenvalue weighted by molar-refractivity contribution is 5.99. The number of benzene rings is 2. The molecule has 2 N–H and O–H groups in total. The Labute approximate surface area is 171 Å². The fraction of sp³-hybridized carbons (Fsp3) is 0.143. The summed E-state index contributed by atoms with van der Waals surface area (Å²) in [4.78, 5) is 18.3. The van der Waals surface area contributed by atoms with Gasteiger partial charge in [-0.1, -0.05) is 0 Å². The average molecular weight is 398 g/mol. The van der Waals surface area contributed by atoms with Crippen LogP contribution in [0.4, 0.5) is 23.0 Å². The highest BCUT2D eigenvalue weighted by Crippen LogP contribution is 2.28. The van der Waals surface area contributed by atoms with Gasteiger partial charge in [0.2, 0.25) is 11.9 Å². The van der Waals surface area contributed by atoms with E-state index in [0.29, 0.717) is 18.9 Å². The van der Waals surface area contributed by atoms with Crippen molar-refractivity contribution in [1.29, 1.82) is 0 Å². The molecule has 0 bridgehead atoms. The molecule has 6 rings (SSSR count). The average Bonchev–Trinajstić information content (AvgIpc) is 3.42. The lowest BCUT2D eigenvalue weighted by Gasteiger charge is -2.23. The fourth-order valence-corrected chi connectivity index (χ4v) is 3.93. The predicted molar refractivity (Wildman–Crippen MR) is 114 cm³/mol. The van der Waals surface area contributed by atoms with Crippen LogP contribution in [0.1, 0.15) is 11.4 Å². The molecule has 0 saturated heterocycles. The Bertz CT molecular complexity index is 1350. The Morgan fingerprint density at radius 3 is 3.00 bits per heavy atom. The van der Waals surface area contributed by atoms with E-state index in [1.807, 2.05) is 48.5 Å². The minimum absolute atomic E-state index is 0.0208. The molecule has 0 saturated carbocycles. The van der Waals surface area contributed by atoms with Gasteiger partial charge in [0, 0.05) is 41.9 Å². The van der Waals surface area contributed by atoms with Crippen molar-refractivity contribution in [2.75, 3.05) is 15.5 Å². The van der Waals surface area contributed by atoms with E-state index in [0.717, 1.165) is 39.4 Å². The first-order chi connectivity index (χ1) is 14.6. The highest BCUT2D eigenvalue weighted by atomic mass is 16.1. The van der Waals surface area contributed by atoms with Gasteiger partial charge in [-0.15, -0.1) is 5.10 Å². The molecule has 0 fully saturated rings. The van der Waals surface area contributed by atoms with Gasteiger partial charge in [0.1, 0.15) is 0 Å². The number of aryl methyl sites for hydroxylation is 1. The molecule has 4 heterocycles. The molecule has 1 amide bonds. The van der Waals surface area contributed by atoms with Gasteiger partial charge in [-0.3, -0.25) is 9.48 Å². The molecule has 2 aromatic carbocycles. The van der Waals surface area contributed by atoms with Crippen LogP contribution in [0.3, 0.4) is 0 Å². The molecule has 9 heteroatoms. The maximum atomic E-state index is 11.5. The van der Waals surface area contributed by atoms with Crippen molar-refractivity contribution in [3.05, 3.63) is 60.2 Å². The van der Waals surface area contributed by atoms with E-state index in [9.17, 15) is 4.79 Å². The molecule has 9 nitrogen and oxygen atoms in total. The molecule has 0 spiro atoms. The normalized spacial score (nSPS) is 14.7. The second kappa shape index (κ2) is 6.18. The number of fused-ring (bicyclic) bond motifs is 3. The third kappa shape index (κ3) is 2.71. The van der Waals surface area contributed by atoms with Gasteiger partial charge in [-0.25, -0.2) is 4.68 Å². The zero-order chi connectivity index (χ0) is 20.2. The predicted octanol–water partition coefficient (Wildman–Crippen LogP) is 2.85. The van der Waals surface area contributed by atoms with Crippen molar-refractivity contribution in [2.45, 2.75) is 13.0 Å². The van der Waals surface area contributed by atoms with Crippen LogP contribution in [0.25, 0.3) is 17.1 Å². The third-order valence-electron chi connectivity index (χ3n) is 5.45. The quantitative estimate of drug-likeness (QED) is 0.551. The molecule has 0 atom stereocenters. The summed E-state index contributed by atoms with van der Waals surface area (Å²) in [6.45, 7) is 0.611. The zero-order valence-electron chi connectivity index (χ0n) is 16.2. The first kappa shape index (κ1) is 16.8. The lowest BCUT2D eigenvalue weighted by atomic mass is 10.1. The number of carbonyl (C=O) groups is 1. The minimum atomic E-state index is 0.0208. The maximum absolute atomic E-state index is 11.5. The summed E-state index contributed by atoms with van der Waals surface area (Å²) in [6, 6.07) is 12.0. The molecule has 0 aliphatic carbocycles. The summed E-state index contributed by atoms with van der Waals surface area (Å²) in [5.41, 5.74) is 4.88. The lowest BCUT2D eigenvalue weighted by Crippen LogP contribution is -2.22. The van der Waals surface area contributed by atoms with Crippen molar-refractivity contribution < 1.29 is 4.79 Å². The van der Waals surface area contributed by atoms with Crippen LogP contribution in [-0.2, 0) is 24.8 Å². The van der Waals surface area contributed by atoms with Crippen LogP contribution in [0.5, 0.6) is 0 Å². The largest absolute Gasteiger partial charge is 0.339 e. The summed E-state index contributed by atoms with van der Waals surface area (Å²) >= 11 is 0. The summed E-state index contributed by atoms with van der Waals surface area (Å²) in [6.07, 6.45) is 6.17. The van der Waals surface area contributed by atoms with E-state index in [1.54, 1.807) is 4.68 Å². The lowest BCUT2D eigenvalue weighted by molar-refractivity contribution is -0.115. The molecule has 30 heavy (non-hydrogen) atoms. The van der Waals surface area contributed by atoms with E-state index < -0.39 is 0 Å². The second-order valence-corrected chi connectivity index (χ2v) is 7.46. The number of hydrogen-bond acceptors (Lipinski definition) is 6. The Morgan fingerprint density at radius 2 is 2.07 bits per heavy atom. The van der Waals surface area contributed by atoms with Gasteiger partial charge in [0.15, 0.2) is 5.82 Å². The van der Waals surface area contributed by atoms with Gasteiger partial charge >= 0.3 is 0 Å². The number of nitrogens with zero attached hydrogens (tertiary/aromatic N) is 6. The molecule has 2 aliphatic heterocycles. The zero-order valence-corrected chi connectivity index (χ0v) is 16.2. The van der Waals surface area contributed by atoms with Crippen LogP contribution in [0.2, 0.25) is 0 Å². The number of amides is 1. The number of carbonyl (C=O) groups excluding carboxylic acids is 1. The number of aromatic nitrogens is 5. The molecular weight excluding hydrogens is 380 g/mol. The van der Waals surface area contributed by atoms with E-state index in [1.165, 1.54) is 0 Å². The summed E-state index contributed by atoms with van der Waals surface area (Å²) in [5, 5.41) is 16.0. The van der Waals surface area contributed by atoms with Crippen molar-refractivity contribution >= 4 is 46.0 Å². The molecular formula is C21H18N8O. The van der Waals surface area contributed by atoms with E-state index in [-0.39, 0.29) is 5.91 Å². The maximum Gasteiger partial charge on any atom is 0.247 e. The van der Waals surface area contributed by atoms with Crippen molar-refractivity contribution in [2.24, 2.45) is 7.05 Å². The molecule has 0 radical (unpaired) electrons. The first-order valence-corrected chi connectivity index (χ1v) is 9.64. The van der Waals surface area contributed by atoms with Gasteiger partial charge in [0.05, 0.1) is 24.7 Å². The number of rotatable bonds is 3. The van der Waals surface area contributed by atoms with Gasteiger partial charge < -0.3 is 15.5 Å². The second-order valence-electron chi connectivity index (χ2n) is 7.46. The monoisotopic (exact) mass is 398 g/mol. The first-order valence-electron chi connectivity index (χ1n) is 9.64. The van der Waals surface area contributed by atoms with Crippen LogP contribution in [0, 0.1) is 0 Å². The topological polar surface area (TPSA) is 92.9 Å². The number of hydrogen-bond donors (Lipinski definition) is 2. The molecule has 148 valence electrons. The summed E-state index contributed by atoms with van der Waals surface area (Å²) in [5.74, 6) is 1.38. The van der Waals surface area contributed by atoms with E-state index in [4.69, 9.17) is 0 Å². The summed E-state index contributed by atoms with van der Waals surface area (Å²) in [7, 11) is 1.94. The number of nitrogens with one attached hydrogen (secondary N) is 2. The Balaban J connectivity index is 1.23. The van der Waals surface area contributed by atoms with Gasteiger partial charge in [-0.2, -0.15) is 10.1 Å². The van der Waals surface area contributed by atoms with E-state index >= 15 is 0 Å². The third-order valence-corrected chi connectivity index (χ3v) is 5.45. The van der Waals surface area contributed by atoms with Crippen molar-refractivity contribution in [3.8, 4) is 0 Å². The Morgan fingerprint density at radius 1 is 1.13 bits per heavy atom. The smallest absolute Gasteiger partial charge is 0.247 e. The molecule has 4 aromatic rings. The summed E-state index contributed by atoms with van der Waals surface area (Å²) < 4.78 is 3.64. The number of anilines is 4. The Hall–Kier alpha value is -4.14. The van der Waals surface area contributed by atoms with Crippen molar-refractivity contribution in [3.63, 3.8) is 0 Å². The van der Waals surface area contributed by atoms with Gasteiger partial charge in [-0.05, 0) is 42.0 Å². The molecule has 0 unspecified atom stereocenters.